The van der Waals surface area contributed by atoms with E-state index in [0.29, 0.717) is 36.8 Å². The third-order valence-electron chi connectivity index (χ3n) is 5.80. The van der Waals surface area contributed by atoms with Crippen LogP contribution in [-0.4, -0.2) is 35.7 Å². The second kappa shape index (κ2) is 12.3. The Kier molecular flexibility index (Phi) is 8.63. The summed E-state index contributed by atoms with van der Waals surface area (Å²) < 4.78 is 13.2. The van der Waals surface area contributed by atoms with E-state index in [1.54, 1.807) is 7.11 Å². The third kappa shape index (κ3) is 6.76. The van der Waals surface area contributed by atoms with E-state index in [9.17, 15) is 4.79 Å². The van der Waals surface area contributed by atoms with Gasteiger partial charge in [0.1, 0.15) is 17.3 Å². The predicted molar refractivity (Wildman–Crippen MR) is 139 cm³/mol. The summed E-state index contributed by atoms with van der Waals surface area (Å²) in [5.74, 6) is 2.47. The predicted octanol–water partition coefficient (Wildman–Crippen LogP) is 5.46. The normalized spacial score (nSPS) is 10.9. The molecule has 1 N–H and O–H groups in total. The zero-order valence-corrected chi connectivity index (χ0v) is 20.6. The molecular formula is C28H30ClN3O3. The fourth-order valence-electron chi connectivity index (χ4n) is 3.99. The lowest BCUT2D eigenvalue weighted by Crippen LogP contribution is -2.28. The van der Waals surface area contributed by atoms with Crippen LogP contribution in [0.1, 0.15) is 24.2 Å². The molecule has 182 valence electrons. The molecule has 0 bridgehead atoms. The third-order valence-corrected chi connectivity index (χ3v) is 6.11. The van der Waals surface area contributed by atoms with Gasteiger partial charge in [-0.3, -0.25) is 4.79 Å². The van der Waals surface area contributed by atoms with E-state index in [1.807, 2.05) is 66.7 Å². The lowest BCUT2D eigenvalue weighted by atomic mass is 10.1. The summed E-state index contributed by atoms with van der Waals surface area (Å²) in [6.07, 6.45) is 2.85. The van der Waals surface area contributed by atoms with E-state index in [2.05, 4.69) is 16.0 Å². The van der Waals surface area contributed by atoms with Gasteiger partial charge < -0.3 is 19.4 Å². The number of methoxy groups -OCH3 is 1. The molecule has 1 aromatic heterocycles. The van der Waals surface area contributed by atoms with Gasteiger partial charge in [0.2, 0.25) is 5.91 Å². The Labute approximate surface area is 210 Å². The van der Waals surface area contributed by atoms with Gasteiger partial charge >= 0.3 is 0 Å². The standard InChI is InChI=1S/C28H30ClN3O3/c1-34-22-14-12-21(13-15-22)20-28(33)30-17-16-27-31-24-9-3-4-10-25(24)32(27)18-6-7-19-35-26-11-5-2-8-23(26)29/h2-5,8-15H,6-7,16-20H2,1H3,(H,30,33). The van der Waals surface area contributed by atoms with E-state index < -0.39 is 0 Å². The average molecular weight is 492 g/mol. The smallest absolute Gasteiger partial charge is 0.224 e. The fraction of sp³-hybridized carbons (Fsp3) is 0.286. The van der Waals surface area contributed by atoms with E-state index in [1.165, 1.54) is 0 Å². The number of fused-ring (bicyclic) bond motifs is 1. The van der Waals surface area contributed by atoms with Crippen molar-refractivity contribution in [3.05, 3.63) is 89.2 Å². The number of halogens is 1. The Morgan fingerprint density at radius 1 is 1.00 bits per heavy atom. The van der Waals surface area contributed by atoms with Crippen molar-refractivity contribution >= 4 is 28.5 Å². The largest absolute Gasteiger partial charge is 0.497 e. The first-order chi connectivity index (χ1) is 17.1. The molecule has 1 amide bonds. The average Bonchev–Trinajstić information content (AvgIpc) is 3.22. The number of imidazole rings is 1. The van der Waals surface area contributed by atoms with Crippen molar-refractivity contribution in [1.82, 2.24) is 14.9 Å². The number of aromatic nitrogens is 2. The van der Waals surface area contributed by atoms with Gasteiger partial charge in [0.25, 0.3) is 0 Å². The minimum atomic E-state index is -0.00505. The number of hydrogen-bond donors (Lipinski definition) is 1. The topological polar surface area (TPSA) is 65.4 Å². The quantitative estimate of drug-likeness (QED) is 0.267. The first-order valence-electron chi connectivity index (χ1n) is 11.8. The van der Waals surface area contributed by atoms with Gasteiger partial charge in [-0.2, -0.15) is 0 Å². The Balaban J connectivity index is 1.29. The first kappa shape index (κ1) is 24.6. The maximum Gasteiger partial charge on any atom is 0.224 e. The van der Waals surface area contributed by atoms with Gasteiger partial charge in [-0.25, -0.2) is 4.98 Å². The Morgan fingerprint density at radius 3 is 2.57 bits per heavy atom. The molecule has 1 heterocycles. The zero-order valence-electron chi connectivity index (χ0n) is 19.9. The van der Waals surface area contributed by atoms with Crippen molar-refractivity contribution in [3.63, 3.8) is 0 Å². The van der Waals surface area contributed by atoms with Crippen LogP contribution in [-0.2, 0) is 24.2 Å². The molecule has 3 aromatic carbocycles. The Morgan fingerprint density at radius 2 is 1.77 bits per heavy atom. The van der Waals surface area contributed by atoms with E-state index in [0.717, 1.165) is 47.6 Å². The molecule has 0 radical (unpaired) electrons. The summed E-state index contributed by atoms with van der Waals surface area (Å²) in [5, 5.41) is 3.65. The molecule has 0 spiro atoms. The van der Waals surface area contributed by atoms with Crippen LogP contribution in [0.3, 0.4) is 0 Å². The summed E-state index contributed by atoms with van der Waals surface area (Å²) in [4.78, 5) is 17.2. The van der Waals surface area contributed by atoms with Crippen molar-refractivity contribution in [2.24, 2.45) is 0 Å². The number of ether oxygens (including phenoxy) is 2. The van der Waals surface area contributed by atoms with Crippen molar-refractivity contribution in [2.75, 3.05) is 20.3 Å². The van der Waals surface area contributed by atoms with Crippen molar-refractivity contribution in [1.29, 1.82) is 0 Å². The maximum atomic E-state index is 12.4. The van der Waals surface area contributed by atoms with Crippen LogP contribution in [0.5, 0.6) is 11.5 Å². The molecule has 0 fully saturated rings. The highest BCUT2D eigenvalue weighted by Gasteiger charge is 2.11. The summed E-state index contributed by atoms with van der Waals surface area (Å²) in [7, 11) is 1.63. The number of unbranched alkanes of at least 4 members (excludes halogenated alkanes) is 1. The van der Waals surface area contributed by atoms with E-state index in [-0.39, 0.29) is 5.91 Å². The van der Waals surface area contributed by atoms with Gasteiger partial charge in [0.15, 0.2) is 0 Å². The molecule has 0 unspecified atom stereocenters. The summed E-state index contributed by atoms with van der Waals surface area (Å²) >= 11 is 6.16. The number of carbonyl (C=O) groups is 1. The molecule has 0 atom stereocenters. The van der Waals surface area contributed by atoms with Gasteiger partial charge in [-0.05, 0) is 54.8 Å². The SMILES string of the molecule is COc1ccc(CC(=O)NCCc2nc3ccccc3n2CCCCOc2ccccc2Cl)cc1. The second-order valence-corrected chi connectivity index (χ2v) is 8.69. The number of aryl methyl sites for hydroxylation is 1. The van der Waals surface area contributed by atoms with Crippen LogP contribution in [0.15, 0.2) is 72.8 Å². The number of hydrogen-bond acceptors (Lipinski definition) is 4. The molecule has 0 aliphatic heterocycles. The van der Waals surface area contributed by atoms with Crippen molar-refractivity contribution in [3.8, 4) is 11.5 Å². The number of para-hydroxylation sites is 3. The lowest BCUT2D eigenvalue weighted by Gasteiger charge is -2.11. The van der Waals surface area contributed by atoms with Crippen LogP contribution in [0, 0.1) is 0 Å². The summed E-state index contributed by atoms with van der Waals surface area (Å²) in [6.45, 7) is 1.97. The number of amides is 1. The molecule has 4 rings (SSSR count). The highest BCUT2D eigenvalue weighted by molar-refractivity contribution is 6.32. The van der Waals surface area contributed by atoms with Gasteiger partial charge in [-0.15, -0.1) is 0 Å². The van der Waals surface area contributed by atoms with E-state index >= 15 is 0 Å². The molecule has 7 heteroatoms. The lowest BCUT2D eigenvalue weighted by molar-refractivity contribution is -0.120. The number of nitrogens with one attached hydrogen (secondary N) is 1. The molecule has 6 nitrogen and oxygen atoms in total. The number of rotatable bonds is 12. The molecule has 0 aliphatic rings. The molecular weight excluding hydrogens is 462 g/mol. The molecule has 0 aliphatic carbocycles. The van der Waals surface area contributed by atoms with Crippen LogP contribution in [0.25, 0.3) is 11.0 Å². The monoisotopic (exact) mass is 491 g/mol. The summed E-state index contributed by atoms with van der Waals surface area (Å²) in [5.41, 5.74) is 3.04. The fourth-order valence-corrected chi connectivity index (χ4v) is 4.18. The molecule has 4 aromatic rings. The van der Waals surface area contributed by atoms with Gasteiger partial charge in [0, 0.05) is 19.5 Å². The number of carbonyl (C=O) groups excluding carboxylic acids is 1. The molecule has 35 heavy (non-hydrogen) atoms. The molecule has 0 saturated carbocycles. The maximum absolute atomic E-state index is 12.4. The van der Waals surface area contributed by atoms with Crippen LogP contribution >= 0.6 is 11.6 Å². The molecule has 0 saturated heterocycles. The van der Waals surface area contributed by atoms with E-state index in [4.69, 9.17) is 26.1 Å². The minimum absolute atomic E-state index is 0.00505. The Hall–Kier alpha value is -3.51. The van der Waals surface area contributed by atoms with Gasteiger partial charge in [0.05, 0.1) is 36.2 Å². The number of nitrogens with zero attached hydrogens (tertiary/aromatic N) is 2. The summed E-state index contributed by atoms with van der Waals surface area (Å²) in [6, 6.07) is 23.2. The first-order valence-corrected chi connectivity index (χ1v) is 12.2. The second-order valence-electron chi connectivity index (χ2n) is 8.28. The van der Waals surface area contributed by atoms with Crippen LogP contribution in [0.4, 0.5) is 0 Å². The minimum Gasteiger partial charge on any atom is -0.497 e. The number of benzene rings is 3. The highest BCUT2D eigenvalue weighted by Crippen LogP contribution is 2.23. The zero-order chi connectivity index (χ0) is 24.5. The van der Waals surface area contributed by atoms with Gasteiger partial charge in [-0.1, -0.05) is 48.0 Å². The van der Waals surface area contributed by atoms with Crippen molar-refractivity contribution < 1.29 is 14.3 Å². The van der Waals surface area contributed by atoms with Crippen LogP contribution < -0.4 is 14.8 Å². The van der Waals surface area contributed by atoms with Crippen LogP contribution in [0.2, 0.25) is 5.02 Å². The highest BCUT2D eigenvalue weighted by atomic mass is 35.5. The van der Waals surface area contributed by atoms with Crippen molar-refractivity contribution in [2.45, 2.75) is 32.2 Å². The Bertz CT molecular complexity index is 1250.